The smallest absolute Gasteiger partial charge is 0.408 e. The molecule has 5 rings (SSSR count). The van der Waals surface area contributed by atoms with Gasteiger partial charge in [0.15, 0.2) is 5.69 Å². The highest BCUT2D eigenvalue weighted by Gasteiger charge is 2.49. The van der Waals surface area contributed by atoms with Crippen LogP contribution in [-0.4, -0.2) is 64.0 Å². The molecule has 0 radical (unpaired) electrons. The first kappa shape index (κ1) is 29.6. The first-order valence-electron chi connectivity index (χ1n) is 14.3. The number of rotatable bonds is 1. The van der Waals surface area contributed by atoms with E-state index in [1.807, 2.05) is 6.07 Å². The molecule has 2 bridgehead atoms. The van der Waals surface area contributed by atoms with Crippen LogP contribution in [0.2, 0.25) is 0 Å². The SMILES string of the molecule is C[C@@H]1[C@@H]2CN(C(=O)[C@H](C(C)(C)C)NC(=O)O[C@@H]3C[C@H]3CCCCC(F)(F)c3nc4ccc(C#N)cc4nc3O2)[C@@H]1C=O. The second-order valence-corrected chi connectivity index (χ2v) is 12.7. The molecule has 42 heavy (non-hydrogen) atoms. The maximum Gasteiger partial charge on any atom is 0.408 e. The largest absolute Gasteiger partial charge is 0.471 e. The lowest BCUT2D eigenvalue weighted by molar-refractivity contribution is -0.139. The molecule has 2 aromatic rings. The fraction of sp³-hybridized carbons (Fsp3) is 0.600. The molecule has 0 unspecified atom stereocenters. The van der Waals surface area contributed by atoms with E-state index in [9.17, 15) is 19.6 Å². The molecule has 1 aliphatic carbocycles. The summed E-state index contributed by atoms with van der Waals surface area (Å²) in [6.45, 7) is 6.97. The summed E-state index contributed by atoms with van der Waals surface area (Å²) >= 11 is 0. The summed E-state index contributed by atoms with van der Waals surface area (Å²) in [5.74, 6) is -4.79. The van der Waals surface area contributed by atoms with E-state index >= 15 is 8.78 Å². The Morgan fingerprint density at radius 3 is 2.60 bits per heavy atom. The number of aldehydes is 1. The number of carbonyl (C=O) groups excluding carboxylic acids is 3. The van der Waals surface area contributed by atoms with Crippen LogP contribution < -0.4 is 10.1 Å². The van der Waals surface area contributed by atoms with E-state index in [-0.39, 0.29) is 41.6 Å². The average molecular weight is 584 g/mol. The molecule has 3 heterocycles. The molecule has 1 saturated carbocycles. The fourth-order valence-electron chi connectivity index (χ4n) is 5.78. The standard InChI is InChI=1S/C30H35F2N5O5/c1-16-21(15-38)37-14-23(16)41-26-24(34-19-9-8-17(13-33)11-20(19)35-26)30(31,32)10-6-5-7-18-12-22(18)42-28(40)36-25(27(37)39)29(2,3)4/h8-9,11,15-16,18,21-23,25H,5-7,10,12,14H2,1-4H3,(H,36,40)/t16-,18+,21+,22+,23-,25+/m0/s1. The van der Waals surface area contributed by atoms with Gasteiger partial charge in [0, 0.05) is 12.3 Å². The molecule has 2 fully saturated rings. The van der Waals surface area contributed by atoms with Crippen molar-refractivity contribution in [1.29, 1.82) is 5.26 Å². The van der Waals surface area contributed by atoms with Crippen molar-refractivity contribution in [2.24, 2.45) is 17.3 Å². The molecule has 0 spiro atoms. The van der Waals surface area contributed by atoms with Gasteiger partial charge in [0.2, 0.25) is 11.8 Å². The van der Waals surface area contributed by atoms with Crippen molar-refractivity contribution < 1.29 is 32.6 Å². The van der Waals surface area contributed by atoms with Gasteiger partial charge >= 0.3 is 6.09 Å². The lowest BCUT2D eigenvalue weighted by Crippen LogP contribution is -2.56. The number of amides is 2. The number of aromatic nitrogens is 2. The lowest BCUT2D eigenvalue weighted by atomic mass is 9.85. The molecule has 10 nitrogen and oxygen atoms in total. The molecule has 2 aliphatic heterocycles. The van der Waals surface area contributed by atoms with Crippen molar-refractivity contribution in [3.63, 3.8) is 0 Å². The fourth-order valence-corrected chi connectivity index (χ4v) is 5.78. The van der Waals surface area contributed by atoms with Gasteiger partial charge in [0.05, 0.1) is 35.3 Å². The van der Waals surface area contributed by atoms with Gasteiger partial charge in [-0.2, -0.15) is 14.0 Å². The number of nitrogens with one attached hydrogen (secondary N) is 1. The van der Waals surface area contributed by atoms with Crippen LogP contribution in [0.3, 0.4) is 0 Å². The van der Waals surface area contributed by atoms with Gasteiger partial charge in [-0.25, -0.2) is 14.8 Å². The van der Waals surface area contributed by atoms with E-state index in [0.717, 1.165) is 0 Å². The quantitative estimate of drug-likeness (QED) is 0.486. The zero-order valence-corrected chi connectivity index (χ0v) is 24.1. The second-order valence-electron chi connectivity index (χ2n) is 12.7. The number of alkyl carbamates (subject to hydrolysis) is 1. The molecule has 2 amide bonds. The van der Waals surface area contributed by atoms with Crippen molar-refractivity contribution in [3.8, 4) is 11.9 Å². The maximum absolute atomic E-state index is 15.8. The highest BCUT2D eigenvalue weighted by Crippen LogP contribution is 2.42. The van der Waals surface area contributed by atoms with E-state index in [0.29, 0.717) is 25.5 Å². The third kappa shape index (κ3) is 5.87. The molecular formula is C30H35F2N5O5. The summed E-state index contributed by atoms with van der Waals surface area (Å²) in [7, 11) is 0. The second kappa shape index (κ2) is 11.1. The Morgan fingerprint density at radius 2 is 1.90 bits per heavy atom. The van der Waals surface area contributed by atoms with E-state index < -0.39 is 65.4 Å². The lowest BCUT2D eigenvalue weighted by Gasteiger charge is -2.34. The van der Waals surface area contributed by atoms with Crippen LogP contribution in [0, 0.1) is 28.6 Å². The van der Waals surface area contributed by atoms with E-state index in [1.54, 1.807) is 27.7 Å². The number of fused-ring (bicyclic) bond motifs is 5. The Hall–Kier alpha value is -3.88. The molecule has 1 aromatic carbocycles. The van der Waals surface area contributed by atoms with Crippen molar-refractivity contribution in [2.45, 2.75) is 90.0 Å². The Kier molecular flexibility index (Phi) is 7.81. The first-order chi connectivity index (χ1) is 19.8. The minimum absolute atomic E-state index is 0.0698. The normalized spacial score (nSPS) is 30.0. The van der Waals surface area contributed by atoms with Gasteiger partial charge in [-0.05, 0) is 48.8 Å². The predicted molar refractivity (Wildman–Crippen MR) is 147 cm³/mol. The minimum Gasteiger partial charge on any atom is -0.471 e. The Labute approximate surface area is 242 Å². The van der Waals surface area contributed by atoms with Crippen LogP contribution in [0.5, 0.6) is 5.88 Å². The zero-order chi connectivity index (χ0) is 30.4. The number of halogens is 2. The molecule has 1 N–H and O–H groups in total. The van der Waals surface area contributed by atoms with E-state index in [2.05, 4.69) is 15.3 Å². The van der Waals surface area contributed by atoms with Gasteiger partial charge < -0.3 is 24.5 Å². The van der Waals surface area contributed by atoms with E-state index in [4.69, 9.17) is 9.47 Å². The van der Waals surface area contributed by atoms with Gasteiger partial charge in [-0.3, -0.25) is 4.79 Å². The Balaban J connectivity index is 1.56. The Morgan fingerprint density at radius 1 is 1.14 bits per heavy atom. The molecule has 6 atom stereocenters. The van der Waals surface area contributed by atoms with Crippen LogP contribution in [-0.2, 0) is 20.2 Å². The topological polar surface area (TPSA) is 135 Å². The van der Waals surface area contributed by atoms with Crippen molar-refractivity contribution in [2.75, 3.05) is 6.54 Å². The number of carbonyl (C=O) groups is 3. The number of hydrogen-bond donors (Lipinski definition) is 1. The molecule has 1 saturated heterocycles. The molecule has 224 valence electrons. The summed E-state index contributed by atoms with van der Waals surface area (Å²) in [6.07, 6.45) is 0.170. The highest BCUT2D eigenvalue weighted by atomic mass is 19.3. The zero-order valence-electron chi connectivity index (χ0n) is 24.1. The summed E-state index contributed by atoms with van der Waals surface area (Å²) in [6, 6.07) is 4.46. The number of nitrogens with zero attached hydrogens (tertiary/aromatic N) is 4. The summed E-state index contributed by atoms with van der Waals surface area (Å²) in [5.41, 5.74) is -0.651. The molecule has 12 heteroatoms. The summed E-state index contributed by atoms with van der Waals surface area (Å²) in [4.78, 5) is 48.8. The number of alkyl halides is 2. The van der Waals surface area contributed by atoms with Gasteiger partial charge in [0.25, 0.3) is 5.92 Å². The van der Waals surface area contributed by atoms with Crippen LogP contribution >= 0.6 is 0 Å². The molecule has 1 aromatic heterocycles. The number of benzene rings is 1. The van der Waals surface area contributed by atoms with Crippen LogP contribution in [0.25, 0.3) is 11.0 Å². The summed E-state index contributed by atoms with van der Waals surface area (Å²) in [5, 5.41) is 12.0. The monoisotopic (exact) mass is 583 g/mol. The van der Waals surface area contributed by atoms with Crippen molar-refractivity contribution >= 4 is 29.3 Å². The van der Waals surface area contributed by atoms with E-state index in [1.165, 1.54) is 23.1 Å². The van der Waals surface area contributed by atoms with Crippen LogP contribution in [0.15, 0.2) is 18.2 Å². The molecular weight excluding hydrogens is 548 g/mol. The summed E-state index contributed by atoms with van der Waals surface area (Å²) < 4.78 is 43.2. The van der Waals surface area contributed by atoms with Gasteiger partial charge in [0.1, 0.15) is 24.5 Å². The third-order valence-corrected chi connectivity index (χ3v) is 8.46. The van der Waals surface area contributed by atoms with Crippen LogP contribution in [0.4, 0.5) is 13.6 Å². The number of nitriles is 1. The van der Waals surface area contributed by atoms with Crippen molar-refractivity contribution in [1.82, 2.24) is 20.2 Å². The van der Waals surface area contributed by atoms with Crippen LogP contribution in [0.1, 0.15) is 71.1 Å². The third-order valence-electron chi connectivity index (χ3n) is 8.46. The van der Waals surface area contributed by atoms with Gasteiger partial charge in [-0.1, -0.05) is 34.1 Å². The van der Waals surface area contributed by atoms with Crippen molar-refractivity contribution in [3.05, 3.63) is 29.5 Å². The number of ether oxygens (including phenoxy) is 2. The Bertz CT molecular complexity index is 1440. The first-order valence-corrected chi connectivity index (χ1v) is 14.3. The van der Waals surface area contributed by atoms with Gasteiger partial charge in [-0.15, -0.1) is 0 Å². The minimum atomic E-state index is -3.38. The molecule has 3 aliphatic rings. The average Bonchev–Trinajstić information content (AvgIpc) is 3.59. The predicted octanol–water partition coefficient (Wildman–Crippen LogP) is 4.49. The maximum atomic E-state index is 15.8. The highest BCUT2D eigenvalue weighted by molar-refractivity contribution is 5.89. The number of hydrogen-bond acceptors (Lipinski definition) is 8.